The number of benzene rings is 1. The molecule has 82 valence electrons. The zero-order valence-corrected chi connectivity index (χ0v) is 10.5. The molecule has 0 spiro atoms. The lowest BCUT2D eigenvalue weighted by Gasteiger charge is -2.05. The van der Waals surface area contributed by atoms with E-state index in [0.717, 1.165) is 9.13 Å². The molecule has 3 nitrogen and oxygen atoms in total. The Hall–Kier alpha value is -1.08. The van der Waals surface area contributed by atoms with E-state index in [4.69, 9.17) is 5.73 Å². The van der Waals surface area contributed by atoms with E-state index in [0.29, 0.717) is 5.69 Å². The molecule has 0 aliphatic rings. The molecule has 2 N–H and O–H groups in total. The highest BCUT2D eigenvalue weighted by Crippen LogP contribution is 2.22. The van der Waals surface area contributed by atoms with Crippen molar-refractivity contribution in [2.75, 3.05) is 0 Å². The standard InChI is InChI=1S/C11H9FIN3/c12-10-9(5-14)15-6-16-11(10)7-2-1-3-8(13)4-7/h1-4,6H,5,14H2. The van der Waals surface area contributed by atoms with Crippen LogP contribution in [-0.2, 0) is 6.54 Å². The Morgan fingerprint density at radius 1 is 1.31 bits per heavy atom. The summed E-state index contributed by atoms with van der Waals surface area (Å²) >= 11 is 2.17. The average Bonchev–Trinajstić information content (AvgIpc) is 2.29. The Morgan fingerprint density at radius 2 is 2.12 bits per heavy atom. The van der Waals surface area contributed by atoms with E-state index in [1.54, 1.807) is 0 Å². The number of hydrogen-bond acceptors (Lipinski definition) is 3. The SMILES string of the molecule is NCc1ncnc(-c2cccc(I)c2)c1F. The maximum atomic E-state index is 13.9. The van der Waals surface area contributed by atoms with Crippen LogP contribution in [0.25, 0.3) is 11.3 Å². The van der Waals surface area contributed by atoms with Crippen LogP contribution in [0.3, 0.4) is 0 Å². The smallest absolute Gasteiger partial charge is 0.172 e. The lowest BCUT2D eigenvalue weighted by molar-refractivity contribution is 0.596. The van der Waals surface area contributed by atoms with Crippen LogP contribution >= 0.6 is 22.6 Å². The molecule has 0 saturated heterocycles. The molecule has 0 atom stereocenters. The molecule has 0 fully saturated rings. The Kier molecular flexibility index (Phi) is 3.45. The predicted molar refractivity (Wildman–Crippen MR) is 68.0 cm³/mol. The quantitative estimate of drug-likeness (QED) is 0.861. The van der Waals surface area contributed by atoms with Gasteiger partial charge in [-0.3, -0.25) is 0 Å². The third-order valence-electron chi connectivity index (χ3n) is 2.15. The van der Waals surface area contributed by atoms with Crippen LogP contribution in [0, 0.1) is 9.39 Å². The van der Waals surface area contributed by atoms with Gasteiger partial charge in [0.05, 0.1) is 5.69 Å². The molecule has 0 radical (unpaired) electrons. The molecule has 0 amide bonds. The predicted octanol–water partition coefficient (Wildman–Crippen LogP) is 2.35. The molecule has 0 bridgehead atoms. The van der Waals surface area contributed by atoms with Crippen LogP contribution in [0.2, 0.25) is 0 Å². The summed E-state index contributed by atoms with van der Waals surface area (Å²) in [6.45, 7) is 0.0747. The van der Waals surface area contributed by atoms with Gasteiger partial charge in [0, 0.05) is 15.7 Å². The first-order valence-electron chi connectivity index (χ1n) is 4.67. The van der Waals surface area contributed by atoms with Crippen molar-refractivity contribution >= 4 is 22.6 Å². The number of hydrogen-bond donors (Lipinski definition) is 1. The number of halogens is 2. The summed E-state index contributed by atoms with van der Waals surface area (Å²) in [7, 11) is 0. The minimum Gasteiger partial charge on any atom is -0.325 e. The minimum absolute atomic E-state index is 0.0747. The van der Waals surface area contributed by atoms with Crippen LogP contribution in [0.5, 0.6) is 0 Å². The zero-order valence-electron chi connectivity index (χ0n) is 8.32. The Morgan fingerprint density at radius 3 is 2.81 bits per heavy atom. The summed E-state index contributed by atoms with van der Waals surface area (Å²) in [4.78, 5) is 7.75. The molecule has 0 aliphatic heterocycles. The van der Waals surface area contributed by atoms with Gasteiger partial charge in [-0.1, -0.05) is 12.1 Å². The summed E-state index contributed by atoms with van der Waals surface area (Å²) in [5.41, 5.74) is 6.67. The van der Waals surface area contributed by atoms with Gasteiger partial charge in [-0.15, -0.1) is 0 Å². The average molecular weight is 329 g/mol. The Labute approximate surface area is 106 Å². The fraction of sp³-hybridized carbons (Fsp3) is 0.0909. The zero-order chi connectivity index (χ0) is 11.5. The fourth-order valence-corrected chi connectivity index (χ4v) is 1.93. The monoisotopic (exact) mass is 329 g/mol. The minimum atomic E-state index is -0.438. The van der Waals surface area contributed by atoms with Crippen molar-refractivity contribution < 1.29 is 4.39 Å². The molecule has 2 rings (SSSR count). The van der Waals surface area contributed by atoms with Crippen molar-refractivity contribution in [1.29, 1.82) is 0 Å². The molecular weight excluding hydrogens is 320 g/mol. The van der Waals surface area contributed by atoms with E-state index in [1.165, 1.54) is 6.33 Å². The Bertz CT molecular complexity index is 516. The van der Waals surface area contributed by atoms with Crippen molar-refractivity contribution in [2.24, 2.45) is 5.73 Å². The van der Waals surface area contributed by atoms with Crippen molar-refractivity contribution in [1.82, 2.24) is 9.97 Å². The van der Waals surface area contributed by atoms with Crippen molar-refractivity contribution in [2.45, 2.75) is 6.54 Å². The first-order chi connectivity index (χ1) is 7.72. The van der Waals surface area contributed by atoms with Gasteiger partial charge in [0.25, 0.3) is 0 Å². The first kappa shape index (κ1) is 11.4. The molecule has 0 saturated carbocycles. The maximum Gasteiger partial charge on any atom is 0.172 e. The van der Waals surface area contributed by atoms with Crippen molar-refractivity contribution in [3.63, 3.8) is 0 Å². The van der Waals surface area contributed by atoms with E-state index in [2.05, 4.69) is 32.6 Å². The lowest BCUT2D eigenvalue weighted by Crippen LogP contribution is -2.05. The van der Waals surface area contributed by atoms with Gasteiger partial charge in [0.15, 0.2) is 5.82 Å². The first-order valence-corrected chi connectivity index (χ1v) is 5.75. The van der Waals surface area contributed by atoms with Gasteiger partial charge < -0.3 is 5.73 Å². The van der Waals surface area contributed by atoms with Crippen molar-refractivity contribution in [3.8, 4) is 11.3 Å². The topological polar surface area (TPSA) is 51.8 Å². The Balaban J connectivity index is 2.56. The fourth-order valence-electron chi connectivity index (χ4n) is 1.39. The molecule has 0 unspecified atom stereocenters. The number of nitrogens with zero attached hydrogens (tertiary/aromatic N) is 2. The van der Waals surface area contributed by atoms with Gasteiger partial charge in [-0.2, -0.15) is 0 Å². The van der Waals surface area contributed by atoms with Crippen LogP contribution in [0.1, 0.15) is 5.69 Å². The van der Waals surface area contributed by atoms with Crippen LogP contribution in [-0.4, -0.2) is 9.97 Å². The number of aromatic nitrogens is 2. The molecule has 1 aromatic carbocycles. The van der Waals surface area contributed by atoms with E-state index >= 15 is 0 Å². The third-order valence-corrected chi connectivity index (χ3v) is 2.82. The second-order valence-electron chi connectivity index (χ2n) is 3.20. The van der Waals surface area contributed by atoms with Gasteiger partial charge >= 0.3 is 0 Å². The molecule has 0 aliphatic carbocycles. The second kappa shape index (κ2) is 4.84. The van der Waals surface area contributed by atoms with Crippen LogP contribution < -0.4 is 5.73 Å². The summed E-state index contributed by atoms with van der Waals surface area (Å²) in [6, 6.07) is 7.48. The highest BCUT2D eigenvalue weighted by Gasteiger charge is 2.11. The van der Waals surface area contributed by atoms with Gasteiger partial charge in [0.1, 0.15) is 12.0 Å². The third kappa shape index (κ3) is 2.19. The molecule has 1 aromatic heterocycles. The van der Waals surface area contributed by atoms with Gasteiger partial charge in [-0.25, -0.2) is 14.4 Å². The normalized spacial score (nSPS) is 10.4. The summed E-state index contributed by atoms with van der Waals surface area (Å²) in [5, 5.41) is 0. The van der Waals surface area contributed by atoms with Gasteiger partial charge in [0.2, 0.25) is 0 Å². The van der Waals surface area contributed by atoms with Gasteiger partial charge in [-0.05, 0) is 34.7 Å². The van der Waals surface area contributed by atoms with E-state index in [1.807, 2.05) is 24.3 Å². The summed E-state index contributed by atoms with van der Waals surface area (Å²) in [5.74, 6) is -0.438. The van der Waals surface area contributed by atoms with Crippen molar-refractivity contribution in [3.05, 3.63) is 45.7 Å². The summed E-state index contributed by atoms with van der Waals surface area (Å²) in [6.07, 6.45) is 1.33. The molecule has 5 heteroatoms. The molecule has 2 aromatic rings. The van der Waals surface area contributed by atoms with Crippen LogP contribution in [0.4, 0.5) is 4.39 Å². The highest BCUT2D eigenvalue weighted by atomic mass is 127. The summed E-state index contributed by atoms with van der Waals surface area (Å²) < 4.78 is 14.9. The number of nitrogens with two attached hydrogens (primary N) is 1. The second-order valence-corrected chi connectivity index (χ2v) is 4.44. The largest absolute Gasteiger partial charge is 0.325 e. The number of rotatable bonds is 2. The van der Waals surface area contributed by atoms with E-state index < -0.39 is 5.82 Å². The van der Waals surface area contributed by atoms with E-state index in [-0.39, 0.29) is 12.2 Å². The van der Waals surface area contributed by atoms with Crippen LogP contribution in [0.15, 0.2) is 30.6 Å². The molecule has 1 heterocycles. The molecular formula is C11H9FIN3. The maximum absolute atomic E-state index is 13.9. The highest BCUT2D eigenvalue weighted by molar-refractivity contribution is 14.1. The van der Waals surface area contributed by atoms with E-state index in [9.17, 15) is 4.39 Å². The lowest BCUT2D eigenvalue weighted by atomic mass is 10.1. The molecule has 16 heavy (non-hydrogen) atoms.